The molecular formula is C21H21ClN2O2. The van der Waals surface area contributed by atoms with Crippen molar-refractivity contribution in [1.82, 2.24) is 0 Å². The number of hydrogen-bond acceptors (Lipinski definition) is 3. The SMILES string of the molecule is CC(C)c1ccc([C@@H]2Nc3c(Cl)cc([N+](=O)[O-])cc3[C@@H]3C=CC[C@@H]32)cc1. The summed E-state index contributed by atoms with van der Waals surface area (Å²) < 4.78 is 0. The van der Waals surface area contributed by atoms with Gasteiger partial charge in [0, 0.05) is 18.1 Å². The van der Waals surface area contributed by atoms with Crippen molar-refractivity contribution in [3.05, 3.63) is 80.4 Å². The summed E-state index contributed by atoms with van der Waals surface area (Å²) in [5.41, 5.74) is 4.35. The molecule has 1 heterocycles. The van der Waals surface area contributed by atoms with E-state index in [2.05, 4.69) is 55.6 Å². The van der Waals surface area contributed by atoms with Crippen LogP contribution in [0.1, 0.15) is 54.8 Å². The second-order valence-corrected chi connectivity index (χ2v) is 7.85. The standard InChI is InChI=1S/C21H21ClN2O2/c1-12(2)13-6-8-14(9-7-13)20-17-5-3-4-16(17)18-10-15(24(25)26)11-19(22)21(18)23-20/h3-4,6-12,16-17,20,23H,5H2,1-2H3/t16-,17+,20+/m1/s1. The summed E-state index contributed by atoms with van der Waals surface area (Å²) in [7, 11) is 0. The van der Waals surface area contributed by atoms with Gasteiger partial charge < -0.3 is 5.32 Å². The second kappa shape index (κ2) is 6.44. The minimum absolute atomic E-state index is 0.0503. The van der Waals surface area contributed by atoms with Gasteiger partial charge in [-0.3, -0.25) is 10.1 Å². The quantitative estimate of drug-likeness (QED) is 0.398. The molecule has 2 aromatic rings. The fourth-order valence-corrected chi connectivity index (χ4v) is 4.44. The van der Waals surface area contributed by atoms with Crippen molar-refractivity contribution in [2.75, 3.05) is 5.32 Å². The van der Waals surface area contributed by atoms with Gasteiger partial charge in [0.25, 0.3) is 5.69 Å². The molecule has 4 rings (SSSR count). The van der Waals surface area contributed by atoms with Gasteiger partial charge in [-0.2, -0.15) is 0 Å². The number of nitro groups is 1. The van der Waals surface area contributed by atoms with Gasteiger partial charge in [-0.1, -0.05) is 61.9 Å². The smallest absolute Gasteiger partial charge is 0.271 e. The zero-order valence-corrected chi connectivity index (χ0v) is 15.5. The fraction of sp³-hybridized carbons (Fsp3) is 0.333. The minimum atomic E-state index is -0.378. The van der Waals surface area contributed by atoms with Crippen LogP contribution in [-0.2, 0) is 0 Å². The first-order valence-electron chi connectivity index (χ1n) is 8.96. The topological polar surface area (TPSA) is 55.2 Å². The second-order valence-electron chi connectivity index (χ2n) is 7.45. The number of allylic oxidation sites excluding steroid dienone is 2. The Bertz CT molecular complexity index is 890. The van der Waals surface area contributed by atoms with Crippen LogP contribution in [0.15, 0.2) is 48.6 Å². The van der Waals surface area contributed by atoms with Crippen LogP contribution in [0.25, 0.3) is 0 Å². The van der Waals surface area contributed by atoms with E-state index in [1.807, 2.05) is 0 Å². The lowest BCUT2D eigenvalue weighted by atomic mass is 9.76. The van der Waals surface area contributed by atoms with Crippen LogP contribution in [0, 0.1) is 16.0 Å². The van der Waals surface area contributed by atoms with Gasteiger partial charge >= 0.3 is 0 Å². The number of fused-ring (bicyclic) bond motifs is 3. The molecule has 0 aromatic heterocycles. The van der Waals surface area contributed by atoms with E-state index in [9.17, 15) is 10.1 Å². The van der Waals surface area contributed by atoms with E-state index in [1.54, 1.807) is 6.07 Å². The average molecular weight is 369 g/mol. The molecule has 0 spiro atoms. The molecule has 0 radical (unpaired) electrons. The van der Waals surface area contributed by atoms with Crippen molar-refractivity contribution in [1.29, 1.82) is 0 Å². The van der Waals surface area contributed by atoms with Crippen LogP contribution in [0.3, 0.4) is 0 Å². The van der Waals surface area contributed by atoms with E-state index in [0.717, 1.165) is 17.7 Å². The van der Waals surface area contributed by atoms with E-state index in [-0.39, 0.29) is 22.6 Å². The first-order chi connectivity index (χ1) is 12.5. The molecule has 1 N–H and O–H groups in total. The third-order valence-corrected chi connectivity index (χ3v) is 5.88. The number of non-ortho nitro benzene ring substituents is 1. The Balaban J connectivity index is 1.76. The Hall–Kier alpha value is -2.33. The van der Waals surface area contributed by atoms with Crippen LogP contribution in [0.4, 0.5) is 11.4 Å². The zero-order chi connectivity index (χ0) is 18.4. The number of nitro benzene ring substituents is 1. The molecule has 1 aliphatic heterocycles. The molecule has 1 aliphatic carbocycles. The average Bonchev–Trinajstić information content (AvgIpc) is 3.11. The van der Waals surface area contributed by atoms with E-state index in [1.165, 1.54) is 17.2 Å². The van der Waals surface area contributed by atoms with Gasteiger partial charge in [0.15, 0.2) is 0 Å². The predicted octanol–water partition coefficient (Wildman–Crippen LogP) is 6.20. The molecule has 5 heteroatoms. The summed E-state index contributed by atoms with van der Waals surface area (Å²) >= 11 is 6.41. The number of hydrogen-bond donors (Lipinski definition) is 1. The van der Waals surface area contributed by atoms with E-state index in [4.69, 9.17) is 11.6 Å². The summed E-state index contributed by atoms with van der Waals surface area (Å²) in [5, 5.41) is 15.2. The van der Waals surface area contributed by atoms with Crippen LogP contribution < -0.4 is 5.32 Å². The largest absolute Gasteiger partial charge is 0.376 e. The molecule has 0 bridgehead atoms. The lowest BCUT2D eigenvalue weighted by molar-refractivity contribution is -0.384. The highest BCUT2D eigenvalue weighted by molar-refractivity contribution is 6.33. The van der Waals surface area contributed by atoms with Gasteiger partial charge in [0.2, 0.25) is 0 Å². The van der Waals surface area contributed by atoms with Crippen LogP contribution in [0.5, 0.6) is 0 Å². The van der Waals surface area contributed by atoms with Crippen molar-refractivity contribution in [2.24, 2.45) is 5.92 Å². The molecule has 0 saturated carbocycles. The molecule has 26 heavy (non-hydrogen) atoms. The molecule has 0 amide bonds. The highest BCUT2D eigenvalue weighted by Crippen LogP contribution is 2.52. The number of benzene rings is 2. The third kappa shape index (κ3) is 2.78. The summed E-state index contributed by atoms with van der Waals surface area (Å²) in [6.45, 7) is 4.38. The van der Waals surface area contributed by atoms with Crippen molar-refractivity contribution in [2.45, 2.75) is 38.1 Å². The van der Waals surface area contributed by atoms with Gasteiger partial charge in [0.05, 0.1) is 21.7 Å². The van der Waals surface area contributed by atoms with Gasteiger partial charge in [-0.05, 0) is 34.9 Å². The van der Waals surface area contributed by atoms with E-state index in [0.29, 0.717) is 16.9 Å². The first-order valence-corrected chi connectivity index (χ1v) is 9.34. The predicted molar refractivity (Wildman–Crippen MR) is 105 cm³/mol. The number of halogens is 1. The first kappa shape index (κ1) is 17.1. The monoisotopic (exact) mass is 368 g/mol. The van der Waals surface area contributed by atoms with Gasteiger partial charge in [-0.15, -0.1) is 0 Å². The van der Waals surface area contributed by atoms with Crippen molar-refractivity contribution >= 4 is 23.0 Å². The van der Waals surface area contributed by atoms with E-state index >= 15 is 0 Å². The molecule has 4 nitrogen and oxygen atoms in total. The summed E-state index contributed by atoms with van der Waals surface area (Å²) in [4.78, 5) is 10.8. The Kier molecular flexibility index (Phi) is 4.23. The molecule has 0 fully saturated rings. The molecule has 134 valence electrons. The number of nitrogens with zero attached hydrogens (tertiary/aromatic N) is 1. The maximum absolute atomic E-state index is 11.2. The van der Waals surface area contributed by atoms with Crippen LogP contribution in [0.2, 0.25) is 5.02 Å². The molecule has 0 saturated heterocycles. The van der Waals surface area contributed by atoms with Gasteiger partial charge in [-0.25, -0.2) is 0 Å². The maximum atomic E-state index is 11.2. The summed E-state index contributed by atoms with van der Waals surface area (Å²) in [5.74, 6) is 0.990. The third-order valence-electron chi connectivity index (χ3n) is 5.58. The Labute approximate surface area is 158 Å². The zero-order valence-electron chi connectivity index (χ0n) is 14.8. The summed E-state index contributed by atoms with van der Waals surface area (Å²) in [6.07, 6.45) is 5.29. The molecule has 0 unspecified atom stereocenters. The number of nitrogens with one attached hydrogen (secondary N) is 1. The lowest BCUT2D eigenvalue weighted by Gasteiger charge is -2.38. The van der Waals surface area contributed by atoms with Gasteiger partial charge in [0.1, 0.15) is 0 Å². The Morgan fingerprint density at radius 1 is 1.23 bits per heavy atom. The molecular weight excluding hydrogens is 348 g/mol. The number of rotatable bonds is 3. The lowest BCUT2D eigenvalue weighted by Crippen LogP contribution is -2.29. The Morgan fingerprint density at radius 3 is 2.62 bits per heavy atom. The molecule has 2 aliphatic rings. The fourth-order valence-electron chi connectivity index (χ4n) is 4.16. The molecule has 2 aromatic carbocycles. The van der Waals surface area contributed by atoms with Crippen molar-refractivity contribution < 1.29 is 4.92 Å². The maximum Gasteiger partial charge on any atom is 0.271 e. The number of anilines is 1. The van der Waals surface area contributed by atoms with E-state index < -0.39 is 0 Å². The Morgan fingerprint density at radius 2 is 1.96 bits per heavy atom. The normalized spacial score (nSPS) is 23.5. The highest BCUT2D eigenvalue weighted by Gasteiger charge is 2.39. The van der Waals surface area contributed by atoms with Crippen molar-refractivity contribution in [3.8, 4) is 0 Å². The van der Waals surface area contributed by atoms with Crippen LogP contribution in [-0.4, -0.2) is 4.92 Å². The minimum Gasteiger partial charge on any atom is -0.376 e. The molecule has 3 atom stereocenters. The highest BCUT2D eigenvalue weighted by atomic mass is 35.5. The summed E-state index contributed by atoms with van der Waals surface area (Å²) in [6, 6.07) is 12.0. The van der Waals surface area contributed by atoms with Crippen LogP contribution >= 0.6 is 11.6 Å². The van der Waals surface area contributed by atoms with Crippen molar-refractivity contribution in [3.63, 3.8) is 0 Å².